The molecular weight excluding hydrogens is 358 g/mol. The van der Waals surface area contributed by atoms with Gasteiger partial charge < -0.3 is 4.74 Å². The number of amides is 2. The molecule has 0 unspecified atom stereocenters. The van der Waals surface area contributed by atoms with Crippen LogP contribution in [0.2, 0.25) is 5.02 Å². The number of rotatable bonds is 4. The van der Waals surface area contributed by atoms with Crippen LogP contribution in [0.4, 0.5) is 10.5 Å². The van der Waals surface area contributed by atoms with Gasteiger partial charge in [0.05, 0.1) is 10.5 Å². The van der Waals surface area contributed by atoms with Gasteiger partial charge in [0.1, 0.15) is 10.6 Å². The summed E-state index contributed by atoms with van der Waals surface area (Å²) in [6, 6.07) is 2.43. The number of hydrogen-bond acceptors (Lipinski definition) is 6. The molecule has 0 bridgehead atoms. The molecule has 0 saturated heterocycles. The predicted molar refractivity (Wildman–Crippen MR) is 91.3 cm³/mol. The van der Waals surface area contributed by atoms with Crippen LogP contribution >= 0.6 is 23.4 Å². The predicted octanol–water partition coefficient (Wildman–Crippen LogP) is 3.53. The summed E-state index contributed by atoms with van der Waals surface area (Å²) in [7, 11) is 0. The Balaban J connectivity index is 2.97. The molecule has 0 aromatic heterocycles. The lowest BCUT2D eigenvalue weighted by atomic mass is 10.2. The maximum Gasteiger partial charge on any atom is 0.426 e. The normalized spacial score (nSPS) is 10.9. The van der Waals surface area contributed by atoms with E-state index in [1.165, 1.54) is 17.8 Å². The average molecular weight is 376 g/mol. The Morgan fingerprint density at radius 1 is 1.33 bits per heavy atom. The minimum Gasteiger partial charge on any atom is -0.443 e. The number of nitro benzene ring substituents is 1. The van der Waals surface area contributed by atoms with E-state index in [0.717, 1.165) is 6.07 Å². The van der Waals surface area contributed by atoms with Gasteiger partial charge in [-0.15, -0.1) is 11.8 Å². The first-order chi connectivity index (χ1) is 11.0. The van der Waals surface area contributed by atoms with E-state index in [4.69, 9.17) is 16.3 Å². The third-order valence-electron chi connectivity index (χ3n) is 2.47. The zero-order chi connectivity index (χ0) is 18.5. The summed E-state index contributed by atoms with van der Waals surface area (Å²) < 4.78 is 4.98. The fourth-order valence-electron chi connectivity index (χ4n) is 1.61. The number of ether oxygens (including phenoxy) is 1. The van der Waals surface area contributed by atoms with Crippen LogP contribution in [0.15, 0.2) is 17.0 Å². The topological polar surface area (TPSA) is 111 Å². The Hall–Kier alpha value is -2.00. The summed E-state index contributed by atoms with van der Waals surface area (Å²) >= 11 is 7.16. The van der Waals surface area contributed by atoms with Crippen molar-refractivity contribution in [3.63, 3.8) is 0 Å². The first-order valence-electron chi connectivity index (χ1n) is 6.95. The van der Waals surface area contributed by atoms with E-state index in [1.807, 2.05) is 6.92 Å². The number of hydrazine groups is 1. The molecule has 0 aliphatic heterocycles. The molecule has 24 heavy (non-hydrogen) atoms. The van der Waals surface area contributed by atoms with Crippen molar-refractivity contribution in [3.05, 3.63) is 32.8 Å². The highest BCUT2D eigenvalue weighted by Crippen LogP contribution is 2.33. The lowest BCUT2D eigenvalue weighted by Crippen LogP contribution is -2.44. The van der Waals surface area contributed by atoms with E-state index >= 15 is 0 Å². The van der Waals surface area contributed by atoms with E-state index in [2.05, 4.69) is 10.9 Å². The summed E-state index contributed by atoms with van der Waals surface area (Å²) in [6.07, 6.45) is -0.844. The Morgan fingerprint density at radius 3 is 2.46 bits per heavy atom. The molecule has 0 atom stereocenters. The monoisotopic (exact) mass is 375 g/mol. The summed E-state index contributed by atoms with van der Waals surface area (Å²) in [5, 5.41) is 10.9. The lowest BCUT2D eigenvalue weighted by molar-refractivity contribution is -0.384. The molecule has 0 aliphatic carbocycles. The molecule has 1 aromatic carbocycles. The molecule has 1 rings (SSSR count). The minimum absolute atomic E-state index is 0.0361. The number of carbonyl (C=O) groups is 2. The van der Waals surface area contributed by atoms with E-state index in [0.29, 0.717) is 10.6 Å². The highest BCUT2D eigenvalue weighted by atomic mass is 35.5. The number of nitrogens with one attached hydrogen (secondary N) is 2. The van der Waals surface area contributed by atoms with Crippen molar-refractivity contribution in [2.75, 3.05) is 5.75 Å². The molecule has 0 heterocycles. The van der Waals surface area contributed by atoms with Crippen molar-refractivity contribution in [2.24, 2.45) is 0 Å². The fraction of sp³-hybridized carbons (Fsp3) is 0.429. The van der Waals surface area contributed by atoms with Crippen LogP contribution in [0.3, 0.4) is 0 Å². The van der Waals surface area contributed by atoms with Gasteiger partial charge in [0.2, 0.25) is 0 Å². The van der Waals surface area contributed by atoms with Crippen LogP contribution in [0, 0.1) is 10.1 Å². The SMILES string of the molecule is CCSc1cc(Cl)c([N+](=O)[O-])cc1C(=O)NNC(=O)OC(C)(C)C. The molecule has 1 aromatic rings. The second-order valence-electron chi connectivity index (χ2n) is 5.57. The van der Waals surface area contributed by atoms with E-state index in [1.54, 1.807) is 20.8 Å². The second kappa shape index (κ2) is 8.20. The zero-order valence-electron chi connectivity index (χ0n) is 13.6. The van der Waals surface area contributed by atoms with E-state index in [9.17, 15) is 19.7 Å². The van der Waals surface area contributed by atoms with Gasteiger partial charge in [0, 0.05) is 11.0 Å². The number of nitro groups is 1. The molecule has 0 aliphatic rings. The number of carbonyl (C=O) groups excluding carboxylic acids is 2. The van der Waals surface area contributed by atoms with Crippen LogP contribution < -0.4 is 10.9 Å². The third-order valence-corrected chi connectivity index (χ3v) is 3.71. The van der Waals surface area contributed by atoms with Gasteiger partial charge in [0.15, 0.2) is 0 Å². The molecule has 0 fully saturated rings. The van der Waals surface area contributed by atoms with Crippen molar-refractivity contribution >= 4 is 41.1 Å². The summed E-state index contributed by atoms with van der Waals surface area (Å²) in [5.41, 5.74) is 3.18. The van der Waals surface area contributed by atoms with Crippen LogP contribution in [-0.2, 0) is 4.74 Å². The van der Waals surface area contributed by atoms with Crippen molar-refractivity contribution in [2.45, 2.75) is 38.2 Å². The van der Waals surface area contributed by atoms with Crippen LogP contribution in [0.25, 0.3) is 0 Å². The minimum atomic E-state index is -0.844. The van der Waals surface area contributed by atoms with Gasteiger partial charge in [-0.3, -0.25) is 20.3 Å². The molecular formula is C14H18ClN3O5S. The highest BCUT2D eigenvalue weighted by Gasteiger charge is 2.22. The van der Waals surface area contributed by atoms with Gasteiger partial charge in [-0.1, -0.05) is 18.5 Å². The summed E-state index contributed by atoms with van der Waals surface area (Å²) in [5.74, 6) is -0.0787. The Bertz CT molecular complexity index is 661. The molecule has 0 radical (unpaired) electrons. The maximum atomic E-state index is 12.2. The van der Waals surface area contributed by atoms with Crippen LogP contribution in [0.5, 0.6) is 0 Å². The number of halogens is 1. The van der Waals surface area contributed by atoms with Crippen LogP contribution in [0.1, 0.15) is 38.1 Å². The summed E-state index contributed by atoms with van der Waals surface area (Å²) in [4.78, 5) is 34.6. The zero-order valence-corrected chi connectivity index (χ0v) is 15.2. The molecule has 0 spiro atoms. The molecule has 0 saturated carbocycles. The molecule has 2 N–H and O–H groups in total. The first kappa shape index (κ1) is 20.0. The smallest absolute Gasteiger partial charge is 0.426 e. The average Bonchev–Trinajstić information content (AvgIpc) is 2.43. The summed E-state index contributed by atoms with van der Waals surface area (Å²) in [6.45, 7) is 6.88. The van der Waals surface area contributed by atoms with Gasteiger partial charge in [0.25, 0.3) is 11.6 Å². The highest BCUT2D eigenvalue weighted by molar-refractivity contribution is 7.99. The van der Waals surface area contributed by atoms with Crippen LogP contribution in [-0.4, -0.2) is 28.3 Å². The Kier molecular flexibility index (Phi) is 6.85. The lowest BCUT2D eigenvalue weighted by Gasteiger charge is -2.20. The number of nitrogens with zero attached hydrogens (tertiary/aromatic N) is 1. The van der Waals surface area contributed by atoms with Crippen molar-refractivity contribution in [1.29, 1.82) is 0 Å². The van der Waals surface area contributed by atoms with Gasteiger partial charge in [-0.05, 0) is 32.6 Å². The Labute approximate surface area is 148 Å². The van der Waals surface area contributed by atoms with E-state index in [-0.39, 0.29) is 16.3 Å². The molecule has 10 heteroatoms. The van der Waals surface area contributed by atoms with E-state index < -0.39 is 22.5 Å². The number of benzene rings is 1. The number of hydrogen-bond donors (Lipinski definition) is 2. The molecule has 8 nitrogen and oxygen atoms in total. The second-order valence-corrected chi connectivity index (χ2v) is 7.28. The number of thioether (sulfide) groups is 1. The maximum absolute atomic E-state index is 12.2. The molecule has 132 valence electrons. The van der Waals surface area contributed by atoms with Crippen molar-refractivity contribution < 1.29 is 19.2 Å². The quantitative estimate of drug-likeness (QED) is 0.473. The third kappa shape index (κ3) is 5.89. The molecule has 2 amide bonds. The first-order valence-corrected chi connectivity index (χ1v) is 8.31. The van der Waals surface area contributed by atoms with Gasteiger partial charge in [-0.2, -0.15) is 0 Å². The fourth-order valence-corrected chi connectivity index (χ4v) is 2.73. The Morgan fingerprint density at radius 2 is 1.96 bits per heavy atom. The standard InChI is InChI=1S/C14H18ClN3O5S/c1-5-24-11-7-9(15)10(18(21)22)6-8(11)12(19)16-17-13(20)23-14(2,3)4/h6-7H,5H2,1-4H3,(H,16,19)(H,17,20). The largest absolute Gasteiger partial charge is 0.443 e. The van der Waals surface area contributed by atoms with Gasteiger partial charge in [-0.25, -0.2) is 10.2 Å². The van der Waals surface area contributed by atoms with Crippen molar-refractivity contribution in [3.8, 4) is 0 Å². The van der Waals surface area contributed by atoms with Gasteiger partial charge >= 0.3 is 6.09 Å². The van der Waals surface area contributed by atoms with Crippen molar-refractivity contribution in [1.82, 2.24) is 10.9 Å².